The molecule has 2 rings (SSSR count). The summed E-state index contributed by atoms with van der Waals surface area (Å²) < 4.78 is 24.3. The van der Waals surface area contributed by atoms with Crippen LogP contribution in [0.5, 0.6) is 5.75 Å². The van der Waals surface area contributed by atoms with Crippen LogP contribution in [0.25, 0.3) is 0 Å². The second-order valence-corrected chi connectivity index (χ2v) is 4.98. The zero-order chi connectivity index (χ0) is 15.2. The number of carbonyl (C=O) groups excluding carboxylic acids is 1. The number of amides is 1. The largest absolute Gasteiger partial charge is 0.491 e. The van der Waals surface area contributed by atoms with Gasteiger partial charge in [0.05, 0.1) is 12.7 Å². The summed E-state index contributed by atoms with van der Waals surface area (Å²) in [6, 6.07) is 4.66. The van der Waals surface area contributed by atoms with Crippen LogP contribution in [0.1, 0.15) is 25.3 Å². The molecule has 5 nitrogen and oxygen atoms in total. The molecule has 7 heteroatoms. The van der Waals surface area contributed by atoms with Crippen LogP contribution < -0.4 is 15.8 Å². The molecule has 0 saturated carbocycles. The summed E-state index contributed by atoms with van der Waals surface area (Å²) in [5.74, 6) is -0.387. The van der Waals surface area contributed by atoms with Crippen molar-refractivity contribution in [2.75, 3.05) is 13.2 Å². The Kier molecular flexibility index (Phi) is 7.58. The van der Waals surface area contributed by atoms with Gasteiger partial charge in [0.2, 0.25) is 5.91 Å². The lowest BCUT2D eigenvalue weighted by molar-refractivity contribution is -0.132. The highest BCUT2D eigenvalue weighted by atomic mass is 35.5. The van der Waals surface area contributed by atoms with E-state index in [0.717, 1.165) is 6.42 Å². The lowest BCUT2D eigenvalue weighted by Crippen LogP contribution is -2.35. The maximum atomic E-state index is 13.7. The summed E-state index contributed by atoms with van der Waals surface area (Å²) in [5.41, 5.74) is 6.18. The van der Waals surface area contributed by atoms with E-state index in [-0.39, 0.29) is 36.7 Å². The molecule has 0 spiro atoms. The molecule has 22 heavy (non-hydrogen) atoms. The quantitative estimate of drug-likeness (QED) is 0.832. The second-order valence-electron chi connectivity index (χ2n) is 4.98. The molecule has 124 valence electrons. The van der Waals surface area contributed by atoms with E-state index in [1.54, 1.807) is 19.1 Å². The Morgan fingerprint density at radius 3 is 2.86 bits per heavy atom. The van der Waals surface area contributed by atoms with Gasteiger partial charge in [0.15, 0.2) is 11.6 Å². The van der Waals surface area contributed by atoms with Gasteiger partial charge in [-0.25, -0.2) is 4.39 Å². The van der Waals surface area contributed by atoms with E-state index in [4.69, 9.17) is 15.2 Å². The van der Waals surface area contributed by atoms with E-state index in [2.05, 4.69) is 5.32 Å². The maximum absolute atomic E-state index is 13.7. The lowest BCUT2D eigenvalue weighted by Gasteiger charge is -2.13. The van der Waals surface area contributed by atoms with Crippen LogP contribution in [0, 0.1) is 5.82 Å². The molecular formula is C15H22ClFN2O3. The van der Waals surface area contributed by atoms with Gasteiger partial charge >= 0.3 is 0 Å². The summed E-state index contributed by atoms with van der Waals surface area (Å²) in [5, 5.41) is 2.75. The normalized spacial score (nSPS) is 20.3. The van der Waals surface area contributed by atoms with Crippen molar-refractivity contribution < 1.29 is 18.7 Å². The lowest BCUT2D eigenvalue weighted by atomic mass is 10.1. The molecule has 3 N–H and O–H groups in total. The zero-order valence-electron chi connectivity index (χ0n) is 12.5. The molecule has 0 unspecified atom stereocenters. The first-order chi connectivity index (χ1) is 10.1. The van der Waals surface area contributed by atoms with Crippen molar-refractivity contribution >= 4 is 18.3 Å². The number of carbonyl (C=O) groups is 1. The summed E-state index contributed by atoms with van der Waals surface area (Å²) in [6.45, 7) is 2.89. The monoisotopic (exact) mass is 332 g/mol. The first kappa shape index (κ1) is 18.7. The molecule has 1 fully saturated rings. The number of rotatable bonds is 6. The minimum Gasteiger partial charge on any atom is -0.491 e. The smallest absolute Gasteiger partial charge is 0.249 e. The van der Waals surface area contributed by atoms with Gasteiger partial charge in [0.25, 0.3) is 0 Å². The van der Waals surface area contributed by atoms with Crippen LogP contribution >= 0.6 is 12.4 Å². The van der Waals surface area contributed by atoms with E-state index >= 15 is 0 Å². The molecule has 1 amide bonds. The molecule has 1 saturated heterocycles. The highest BCUT2D eigenvalue weighted by molar-refractivity contribution is 5.85. The number of benzene rings is 1. The molecule has 0 radical (unpaired) electrons. The standard InChI is InChI=1S/C15H21FN2O3.ClH/c1-2-20-13-5-3-10(7-12(13)16)9-18-15(19)14-6-4-11(8-17)21-14;/h3,5,7,11,14H,2,4,6,8-9,17H2,1H3,(H,18,19);1H/t11-,14+;/m1./s1. The Labute approximate surface area is 135 Å². The Balaban J connectivity index is 0.00000242. The van der Waals surface area contributed by atoms with Crippen molar-refractivity contribution in [3.63, 3.8) is 0 Å². The van der Waals surface area contributed by atoms with Gasteiger partial charge in [-0.15, -0.1) is 12.4 Å². The third kappa shape index (κ3) is 4.83. The number of nitrogens with two attached hydrogens (primary N) is 1. The van der Waals surface area contributed by atoms with E-state index in [1.807, 2.05) is 0 Å². The molecule has 0 aromatic heterocycles. The fourth-order valence-corrected chi connectivity index (χ4v) is 2.30. The third-order valence-corrected chi connectivity index (χ3v) is 3.43. The first-order valence-corrected chi connectivity index (χ1v) is 7.18. The molecule has 1 aliphatic heterocycles. The van der Waals surface area contributed by atoms with Gasteiger partial charge in [0.1, 0.15) is 6.10 Å². The van der Waals surface area contributed by atoms with Crippen molar-refractivity contribution in [2.24, 2.45) is 5.73 Å². The zero-order valence-corrected chi connectivity index (χ0v) is 13.3. The van der Waals surface area contributed by atoms with Crippen molar-refractivity contribution in [2.45, 2.75) is 38.5 Å². The number of hydrogen-bond donors (Lipinski definition) is 2. The molecule has 0 aliphatic carbocycles. The van der Waals surface area contributed by atoms with Crippen molar-refractivity contribution in [3.8, 4) is 5.75 Å². The van der Waals surface area contributed by atoms with Gasteiger partial charge in [-0.3, -0.25) is 4.79 Å². The fourth-order valence-electron chi connectivity index (χ4n) is 2.30. The molecule has 1 aliphatic rings. The Morgan fingerprint density at radius 1 is 1.50 bits per heavy atom. The highest BCUT2D eigenvalue weighted by Gasteiger charge is 2.29. The first-order valence-electron chi connectivity index (χ1n) is 7.18. The highest BCUT2D eigenvalue weighted by Crippen LogP contribution is 2.20. The number of hydrogen-bond acceptors (Lipinski definition) is 4. The van der Waals surface area contributed by atoms with Gasteiger partial charge in [-0.1, -0.05) is 6.07 Å². The van der Waals surface area contributed by atoms with Gasteiger partial charge < -0.3 is 20.5 Å². The topological polar surface area (TPSA) is 73.6 Å². The van der Waals surface area contributed by atoms with Gasteiger partial charge in [0, 0.05) is 13.1 Å². The summed E-state index contributed by atoms with van der Waals surface area (Å²) >= 11 is 0. The molecule has 0 bridgehead atoms. The summed E-state index contributed by atoms with van der Waals surface area (Å²) in [7, 11) is 0. The molecule has 2 atom stereocenters. The van der Waals surface area contributed by atoms with Gasteiger partial charge in [-0.2, -0.15) is 0 Å². The average Bonchev–Trinajstić information content (AvgIpc) is 2.96. The van der Waals surface area contributed by atoms with Crippen LogP contribution in [0.15, 0.2) is 18.2 Å². The predicted octanol–water partition coefficient (Wildman–Crippen LogP) is 1.77. The van der Waals surface area contributed by atoms with Crippen LogP contribution in [0.3, 0.4) is 0 Å². The number of nitrogens with one attached hydrogen (secondary N) is 1. The van der Waals surface area contributed by atoms with Gasteiger partial charge in [-0.05, 0) is 37.5 Å². The van der Waals surface area contributed by atoms with Crippen molar-refractivity contribution in [3.05, 3.63) is 29.6 Å². The van der Waals surface area contributed by atoms with E-state index in [9.17, 15) is 9.18 Å². The van der Waals surface area contributed by atoms with E-state index in [0.29, 0.717) is 25.1 Å². The minimum atomic E-state index is -0.453. The maximum Gasteiger partial charge on any atom is 0.249 e. The molecule has 1 aromatic rings. The van der Waals surface area contributed by atoms with Crippen LogP contribution in [0.4, 0.5) is 4.39 Å². The van der Waals surface area contributed by atoms with E-state index in [1.165, 1.54) is 6.07 Å². The predicted molar refractivity (Wildman–Crippen MR) is 83.6 cm³/mol. The Morgan fingerprint density at radius 2 is 2.27 bits per heavy atom. The van der Waals surface area contributed by atoms with Crippen LogP contribution in [-0.2, 0) is 16.1 Å². The minimum absolute atomic E-state index is 0. The second kappa shape index (κ2) is 8.92. The van der Waals surface area contributed by atoms with E-state index < -0.39 is 11.9 Å². The average molecular weight is 333 g/mol. The van der Waals surface area contributed by atoms with Crippen LogP contribution in [0.2, 0.25) is 0 Å². The number of ether oxygens (including phenoxy) is 2. The van der Waals surface area contributed by atoms with Crippen LogP contribution in [-0.4, -0.2) is 31.3 Å². The number of halogens is 2. The Bertz CT molecular complexity index is 502. The molecule has 1 aromatic carbocycles. The molecular weight excluding hydrogens is 311 g/mol. The Hall–Kier alpha value is -1.37. The molecule has 1 heterocycles. The van der Waals surface area contributed by atoms with Crippen molar-refractivity contribution in [1.29, 1.82) is 0 Å². The SMILES string of the molecule is CCOc1ccc(CNC(=O)[C@@H]2CC[C@H](CN)O2)cc1F.Cl. The third-order valence-electron chi connectivity index (χ3n) is 3.43. The summed E-state index contributed by atoms with van der Waals surface area (Å²) in [6.07, 6.45) is 0.979. The summed E-state index contributed by atoms with van der Waals surface area (Å²) in [4.78, 5) is 11.9. The fraction of sp³-hybridized carbons (Fsp3) is 0.533. The van der Waals surface area contributed by atoms with Crippen molar-refractivity contribution in [1.82, 2.24) is 5.32 Å².